The second-order valence-corrected chi connectivity index (χ2v) is 4.75. The first-order chi connectivity index (χ1) is 8.20. The summed E-state index contributed by atoms with van der Waals surface area (Å²) in [6.07, 6.45) is 7.12. The number of amides is 1. The maximum atomic E-state index is 11.3. The number of nitrogens with one attached hydrogen (secondary N) is 1. The van der Waals surface area contributed by atoms with Gasteiger partial charge in [-0.2, -0.15) is 0 Å². The van der Waals surface area contributed by atoms with Gasteiger partial charge in [0.05, 0.1) is 0 Å². The Morgan fingerprint density at radius 2 is 2.41 bits per heavy atom. The summed E-state index contributed by atoms with van der Waals surface area (Å²) in [6, 6.07) is 2.25. The molecule has 1 saturated carbocycles. The third-order valence-electron chi connectivity index (χ3n) is 3.26. The van der Waals surface area contributed by atoms with Crippen LogP contribution in [0, 0.1) is 5.92 Å². The van der Waals surface area contributed by atoms with Crippen molar-refractivity contribution in [3.63, 3.8) is 0 Å². The number of hydrogen-bond donors (Lipinski definition) is 2. The van der Waals surface area contributed by atoms with Crippen LogP contribution in [0.15, 0.2) is 18.5 Å². The first kappa shape index (κ1) is 12.2. The highest BCUT2D eigenvalue weighted by molar-refractivity contribution is 5.75. The molecule has 94 valence electrons. The van der Waals surface area contributed by atoms with E-state index < -0.39 is 0 Å². The van der Waals surface area contributed by atoms with Crippen LogP contribution < -0.4 is 11.1 Å². The summed E-state index contributed by atoms with van der Waals surface area (Å²) in [6.45, 7) is 3.35. The van der Waals surface area contributed by atoms with Crippen LogP contribution in [0.2, 0.25) is 0 Å². The molecule has 1 aliphatic rings. The van der Waals surface area contributed by atoms with Gasteiger partial charge in [-0.15, -0.1) is 0 Å². The molecule has 0 bridgehead atoms. The Kier molecular flexibility index (Phi) is 3.84. The first-order valence-corrected chi connectivity index (χ1v) is 6.38. The van der Waals surface area contributed by atoms with E-state index in [4.69, 9.17) is 5.73 Å². The van der Waals surface area contributed by atoms with Crippen molar-refractivity contribution in [2.24, 2.45) is 11.7 Å². The SMILES string of the molecule is CCNC(=O)CCn1ccc(C(N)C2CC2)c1. The lowest BCUT2D eigenvalue weighted by molar-refractivity contribution is -0.121. The second kappa shape index (κ2) is 5.36. The molecule has 17 heavy (non-hydrogen) atoms. The van der Waals surface area contributed by atoms with Crippen molar-refractivity contribution in [1.29, 1.82) is 0 Å². The number of aromatic nitrogens is 1. The molecule has 0 aliphatic heterocycles. The van der Waals surface area contributed by atoms with E-state index in [1.54, 1.807) is 0 Å². The Hall–Kier alpha value is -1.29. The number of aryl methyl sites for hydroxylation is 1. The Morgan fingerprint density at radius 1 is 1.65 bits per heavy atom. The third kappa shape index (κ3) is 3.33. The molecule has 1 amide bonds. The highest BCUT2D eigenvalue weighted by atomic mass is 16.1. The van der Waals surface area contributed by atoms with E-state index in [2.05, 4.69) is 17.6 Å². The van der Waals surface area contributed by atoms with E-state index in [-0.39, 0.29) is 11.9 Å². The predicted octanol–water partition coefficient (Wildman–Crippen LogP) is 1.42. The molecule has 0 aromatic carbocycles. The molecular weight excluding hydrogens is 214 g/mol. The van der Waals surface area contributed by atoms with Crippen LogP contribution in [0.5, 0.6) is 0 Å². The molecule has 1 atom stereocenters. The molecule has 2 rings (SSSR count). The Balaban J connectivity index is 1.83. The minimum absolute atomic E-state index is 0.106. The fourth-order valence-electron chi connectivity index (χ4n) is 2.04. The van der Waals surface area contributed by atoms with Crippen molar-refractivity contribution in [1.82, 2.24) is 9.88 Å². The fourth-order valence-corrected chi connectivity index (χ4v) is 2.04. The van der Waals surface area contributed by atoms with Crippen molar-refractivity contribution < 1.29 is 4.79 Å². The standard InChI is InChI=1S/C13H21N3O/c1-2-15-12(17)6-8-16-7-5-11(9-16)13(14)10-3-4-10/h5,7,9-10,13H,2-4,6,8,14H2,1H3,(H,15,17). The van der Waals surface area contributed by atoms with Crippen LogP contribution in [0.3, 0.4) is 0 Å². The molecule has 1 unspecified atom stereocenters. The molecule has 4 heteroatoms. The van der Waals surface area contributed by atoms with E-state index in [0.717, 1.165) is 6.54 Å². The molecule has 1 heterocycles. The van der Waals surface area contributed by atoms with Crippen LogP contribution in [0.1, 0.15) is 37.8 Å². The monoisotopic (exact) mass is 235 g/mol. The van der Waals surface area contributed by atoms with E-state index in [1.807, 2.05) is 17.7 Å². The summed E-state index contributed by atoms with van der Waals surface area (Å²) in [5.74, 6) is 0.781. The Morgan fingerprint density at radius 3 is 3.06 bits per heavy atom. The normalized spacial score (nSPS) is 16.8. The first-order valence-electron chi connectivity index (χ1n) is 6.38. The molecule has 3 N–H and O–H groups in total. The van der Waals surface area contributed by atoms with Crippen molar-refractivity contribution in [2.45, 2.75) is 38.8 Å². The molecule has 1 aliphatic carbocycles. The highest BCUT2D eigenvalue weighted by Crippen LogP contribution is 2.39. The molecule has 1 fully saturated rings. The number of hydrogen-bond acceptors (Lipinski definition) is 2. The van der Waals surface area contributed by atoms with E-state index in [1.165, 1.54) is 18.4 Å². The average Bonchev–Trinajstić information content (AvgIpc) is 3.05. The lowest BCUT2D eigenvalue weighted by Crippen LogP contribution is -2.23. The zero-order valence-corrected chi connectivity index (χ0v) is 10.4. The fraction of sp³-hybridized carbons (Fsp3) is 0.615. The summed E-state index contributed by atoms with van der Waals surface area (Å²) >= 11 is 0. The van der Waals surface area contributed by atoms with Gasteiger partial charge in [-0.3, -0.25) is 4.79 Å². The average molecular weight is 235 g/mol. The molecular formula is C13H21N3O. The predicted molar refractivity (Wildman–Crippen MR) is 67.4 cm³/mol. The van der Waals surface area contributed by atoms with Gasteiger partial charge >= 0.3 is 0 Å². The van der Waals surface area contributed by atoms with Crippen molar-refractivity contribution in [3.05, 3.63) is 24.0 Å². The zero-order valence-electron chi connectivity index (χ0n) is 10.4. The van der Waals surface area contributed by atoms with Gasteiger partial charge in [0.15, 0.2) is 0 Å². The van der Waals surface area contributed by atoms with Crippen LogP contribution in [0.4, 0.5) is 0 Å². The van der Waals surface area contributed by atoms with Crippen LogP contribution in [-0.2, 0) is 11.3 Å². The Bertz CT molecular complexity index is 382. The van der Waals surface area contributed by atoms with Gasteiger partial charge in [0.25, 0.3) is 0 Å². The molecule has 0 saturated heterocycles. The number of carbonyl (C=O) groups is 1. The Labute approximate surface area is 102 Å². The maximum Gasteiger partial charge on any atom is 0.221 e. The maximum absolute atomic E-state index is 11.3. The number of nitrogens with two attached hydrogens (primary N) is 1. The summed E-state index contributed by atoms with van der Waals surface area (Å²) in [4.78, 5) is 11.3. The van der Waals surface area contributed by atoms with Crippen molar-refractivity contribution in [2.75, 3.05) is 6.54 Å². The summed E-state index contributed by atoms with van der Waals surface area (Å²) < 4.78 is 2.05. The molecule has 0 radical (unpaired) electrons. The minimum Gasteiger partial charge on any atom is -0.356 e. The lowest BCUT2D eigenvalue weighted by Gasteiger charge is -2.07. The van der Waals surface area contributed by atoms with E-state index in [9.17, 15) is 4.79 Å². The topological polar surface area (TPSA) is 60.0 Å². The number of carbonyl (C=O) groups excluding carboxylic acids is 1. The van der Waals surface area contributed by atoms with Crippen LogP contribution in [0.25, 0.3) is 0 Å². The largest absolute Gasteiger partial charge is 0.356 e. The van der Waals surface area contributed by atoms with Crippen molar-refractivity contribution in [3.8, 4) is 0 Å². The molecule has 1 aromatic heterocycles. The van der Waals surface area contributed by atoms with Gasteiger partial charge in [0, 0.05) is 37.9 Å². The van der Waals surface area contributed by atoms with Gasteiger partial charge in [-0.1, -0.05) is 0 Å². The van der Waals surface area contributed by atoms with Gasteiger partial charge in [-0.25, -0.2) is 0 Å². The lowest BCUT2D eigenvalue weighted by atomic mass is 10.1. The minimum atomic E-state index is 0.106. The van der Waals surface area contributed by atoms with E-state index in [0.29, 0.717) is 18.9 Å². The quantitative estimate of drug-likeness (QED) is 0.783. The molecule has 1 aromatic rings. The smallest absolute Gasteiger partial charge is 0.221 e. The highest BCUT2D eigenvalue weighted by Gasteiger charge is 2.29. The third-order valence-corrected chi connectivity index (χ3v) is 3.26. The molecule has 0 spiro atoms. The van der Waals surface area contributed by atoms with Gasteiger partial charge < -0.3 is 15.6 Å². The summed E-state index contributed by atoms with van der Waals surface area (Å²) in [5, 5.41) is 2.80. The van der Waals surface area contributed by atoms with Crippen molar-refractivity contribution >= 4 is 5.91 Å². The van der Waals surface area contributed by atoms with E-state index >= 15 is 0 Å². The summed E-state index contributed by atoms with van der Waals surface area (Å²) in [5.41, 5.74) is 7.32. The van der Waals surface area contributed by atoms with Crippen LogP contribution in [-0.4, -0.2) is 17.0 Å². The zero-order chi connectivity index (χ0) is 12.3. The molecule has 4 nitrogen and oxygen atoms in total. The number of rotatable bonds is 6. The van der Waals surface area contributed by atoms with Crippen LogP contribution >= 0.6 is 0 Å². The van der Waals surface area contributed by atoms with Gasteiger partial charge in [-0.05, 0) is 37.3 Å². The van der Waals surface area contributed by atoms with Gasteiger partial charge in [0.2, 0.25) is 5.91 Å². The summed E-state index contributed by atoms with van der Waals surface area (Å²) in [7, 11) is 0. The second-order valence-electron chi connectivity index (χ2n) is 4.75. The van der Waals surface area contributed by atoms with Gasteiger partial charge in [0.1, 0.15) is 0 Å². The number of nitrogens with zero attached hydrogens (tertiary/aromatic N) is 1.